The highest BCUT2D eigenvalue weighted by Gasteiger charge is 2.12. The van der Waals surface area contributed by atoms with Crippen molar-refractivity contribution in [1.82, 2.24) is 0 Å². The molecule has 152 valence electrons. The zero-order valence-electron chi connectivity index (χ0n) is 16.7. The molecular formula is C25H23NO4. The quantitative estimate of drug-likeness (QED) is 0.556. The summed E-state index contributed by atoms with van der Waals surface area (Å²) in [5.41, 5.74) is 3.86. The fourth-order valence-electron chi connectivity index (χ4n) is 2.86. The molecule has 0 fully saturated rings. The van der Waals surface area contributed by atoms with Crippen molar-refractivity contribution in [3.8, 4) is 17.2 Å². The molecule has 5 heteroatoms. The molecule has 2 N–H and O–H groups in total. The Kier molecular flexibility index (Phi) is 8.34. The third kappa shape index (κ3) is 6.32. The van der Waals surface area contributed by atoms with E-state index in [2.05, 4.69) is 13.0 Å². The molecule has 0 aromatic heterocycles. The van der Waals surface area contributed by atoms with Crippen LogP contribution in [-0.4, -0.2) is 22.2 Å². The van der Waals surface area contributed by atoms with Gasteiger partial charge in [-0.2, -0.15) is 5.26 Å². The van der Waals surface area contributed by atoms with Crippen LogP contribution < -0.4 is 0 Å². The summed E-state index contributed by atoms with van der Waals surface area (Å²) in [6.45, 7) is 2.13. The largest absolute Gasteiger partial charge is 0.478 e. The number of hydrogen-bond donors (Lipinski definition) is 2. The lowest BCUT2D eigenvalue weighted by Crippen LogP contribution is -2.01. The van der Waals surface area contributed by atoms with Crippen LogP contribution >= 0.6 is 0 Å². The van der Waals surface area contributed by atoms with Crippen molar-refractivity contribution in [3.05, 3.63) is 95.1 Å². The number of rotatable bonds is 6. The van der Waals surface area contributed by atoms with Gasteiger partial charge in [0, 0.05) is 0 Å². The highest BCUT2D eigenvalue weighted by atomic mass is 16.4. The number of carbonyl (C=O) groups is 2. The van der Waals surface area contributed by atoms with Crippen LogP contribution in [0.15, 0.2) is 72.8 Å². The van der Waals surface area contributed by atoms with Crippen molar-refractivity contribution in [3.63, 3.8) is 0 Å². The maximum Gasteiger partial charge on any atom is 0.336 e. The fourth-order valence-corrected chi connectivity index (χ4v) is 2.86. The fraction of sp³-hybridized carbons (Fsp3) is 0.160. The maximum absolute atomic E-state index is 11.4. The van der Waals surface area contributed by atoms with Crippen molar-refractivity contribution < 1.29 is 19.8 Å². The van der Waals surface area contributed by atoms with Gasteiger partial charge in [0.1, 0.15) is 0 Å². The molecule has 0 aliphatic carbocycles. The zero-order chi connectivity index (χ0) is 21.9. The maximum atomic E-state index is 11.4. The Morgan fingerprint density at radius 3 is 2.07 bits per heavy atom. The molecule has 0 spiro atoms. The van der Waals surface area contributed by atoms with Crippen LogP contribution in [-0.2, 0) is 6.42 Å². The second kappa shape index (κ2) is 11.2. The third-order valence-corrected chi connectivity index (χ3v) is 4.48. The molecule has 3 aromatic rings. The van der Waals surface area contributed by atoms with Crippen LogP contribution in [0.5, 0.6) is 0 Å². The Morgan fingerprint density at radius 2 is 1.57 bits per heavy atom. The smallest absolute Gasteiger partial charge is 0.336 e. The third-order valence-electron chi connectivity index (χ3n) is 4.48. The van der Waals surface area contributed by atoms with E-state index in [9.17, 15) is 14.7 Å². The molecular weight excluding hydrogens is 378 g/mol. The average Bonchev–Trinajstić information content (AvgIpc) is 2.78. The summed E-state index contributed by atoms with van der Waals surface area (Å²) >= 11 is 0. The van der Waals surface area contributed by atoms with Crippen molar-refractivity contribution in [1.29, 1.82) is 5.26 Å². The zero-order valence-corrected chi connectivity index (χ0v) is 16.7. The molecule has 0 atom stereocenters. The second-order valence-corrected chi connectivity index (χ2v) is 6.65. The van der Waals surface area contributed by atoms with E-state index in [1.807, 2.05) is 12.1 Å². The Labute approximate surface area is 175 Å². The first kappa shape index (κ1) is 22.4. The molecule has 0 heterocycles. The van der Waals surface area contributed by atoms with E-state index in [0.717, 1.165) is 30.4 Å². The number of hydrogen-bond acceptors (Lipinski definition) is 3. The van der Waals surface area contributed by atoms with Crippen LogP contribution in [0.3, 0.4) is 0 Å². The molecule has 0 aliphatic heterocycles. The number of benzene rings is 3. The molecule has 0 unspecified atom stereocenters. The van der Waals surface area contributed by atoms with Crippen LogP contribution in [0.25, 0.3) is 11.1 Å². The molecule has 0 saturated carbocycles. The molecule has 0 aliphatic rings. The highest BCUT2D eigenvalue weighted by Crippen LogP contribution is 2.26. The van der Waals surface area contributed by atoms with Gasteiger partial charge < -0.3 is 10.2 Å². The topological polar surface area (TPSA) is 98.4 Å². The van der Waals surface area contributed by atoms with Gasteiger partial charge in [0.05, 0.1) is 22.8 Å². The molecule has 0 saturated heterocycles. The minimum absolute atomic E-state index is 0.292. The van der Waals surface area contributed by atoms with Crippen molar-refractivity contribution >= 4 is 11.9 Å². The summed E-state index contributed by atoms with van der Waals surface area (Å²) in [5.74, 6) is -1.81. The Morgan fingerprint density at radius 1 is 0.900 bits per heavy atom. The van der Waals surface area contributed by atoms with Gasteiger partial charge in [0.2, 0.25) is 0 Å². The number of unbranched alkanes of at least 4 members (excludes halogenated alkanes) is 1. The van der Waals surface area contributed by atoms with Crippen molar-refractivity contribution in [2.24, 2.45) is 0 Å². The van der Waals surface area contributed by atoms with Gasteiger partial charge in [0.25, 0.3) is 0 Å². The van der Waals surface area contributed by atoms with Gasteiger partial charge in [-0.05, 0) is 59.9 Å². The van der Waals surface area contributed by atoms with E-state index in [0.29, 0.717) is 22.3 Å². The van der Waals surface area contributed by atoms with Gasteiger partial charge in [-0.1, -0.05) is 55.8 Å². The van der Waals surface area contributed by atoms with Gasteiger partial charge in [0.15, 0.2) is 0 Å². The number of aromatic carboxylic acids is 2. The lowest BCUT2D eigenvalue weighted by atomic mass is 9.95. The predicted octanol–water partition coefficient (Wildman–Crippen LogP) is 5.65. The van der Waals surface area contributed by atoms with Crippen LogP contribution in [0.2, 0.25) is 0 Å². The number of aryl methyl sites for hydroxylation is 1. The summed E-state index contributed by atoms with van der Waals surface area (Å²) in [7, 11) is 0. The Balaban J connectivity index is 0.000000297. The van der Waals surface area contributed by atoms with Crippen LogP contribution in [0.1, 0.15) is 51.6 Å². The minimum atomic E-state index is -0.934. The van der Waals surface area contributed by atoms with Gasteiger partial charge in [-0.25, -0.2) is 9.59 Å². The molecule has 0 bridgehead atoms. The normalized spacial score (nSPS) is 9.73. The van der Waals surface area contributed by atoms with Gasteiger partial charge in [-0.3, -0.25) is 0 Å². The van der Waals surface area contributed by atoms with Crippen molar-refractivity contribution in [2.45, 2.75) is 26.2 Å². The first-order valence-corrected chi connectivity index (χ1v) is 9.61. The summed E-state index contributed by atoms with van der Waals surface area (Å²) in [5, 5.41) is 26.6. The molecule has 5 nitrogen and oxygen atoms in total. The van der Waals surface area contributed by atoms with E-state index in [4.69, 9.17) is 10.4 Å². The van der Waals surface area contributed by atoms with E-state index in [1.54, 1.807) is 60.7 Å². The number of carboxylic acid groups (broad SMARTS) is 2. The number of nitriles is 1. The summed E-state index contributed by atoms with van der Waals surface area (Å²) in [6, 6.07) is 22.9. The first-order valence-electron chi connectivity index (χ1n) is 9.61. The highest BCUT2D eigenvalue weighted by molar-refractivity contribution is 5.96. The predicted molar refractivity (Wildman–Crippen MR) is 116 cm³/mol. The second-order valence-electron chi connectivity index (χ2n) is 6.65. The Hall–Kier alpha value is -3.91. The van der Waals surface area contributed by atoms with E-state index in [-0.39, 0.29) is 0 Å². The average molecular weight is 401 g/mol. The molecule has 3 rings (SSSR count). The number of nitrogens with zero attached hydrogens (tertiary/aromatic N) is 1. The van der Waals surface area contributed by atoms with E-state index in [1.165, 1.54) is 0 Å². The Bertz CT molecular complexity index is 1030. The minimum Gasteiger partial charge on any atom is -0.478 e. The van der Waals surface area contributed by atoms with Crippen molar-refractivity contribution in [2.75, 3.05) is 0 Å². The first-order chi connectivity index (χ1) is 14.5. The number of carboxylic acids is 2. The van der Waals surface area contributed by atoms with Gasteiger partial charge in [-0.15, -0.1) is 0 Å². The SMILES string of the molecule is CCCCc1ccc(C(=O)O)c(-c2ccc(C#N)cc2)c1.O=C(O)c1ccccc1. The standard InChI is InChI=1S/C18H17NO2.C7H6O2/c1-2-3-4-13-7-10-16(18(20)21)17(11-13)15-8-5-14(12-19)6-9-15;8-7(9)6-4-2-1-3-5-6/h5-11H,2-4H2,1H3,(H,20,21);1-5H,(H,8,9). The van der Waals surface area contributed by atoms with E-state index >= 15 is 0 Å². The lowest BCUT2D eigenvalue weighted by molar-refractivity contribution is 0.0686. The molecule has 0 amide bonds. The summed E-state index contributed by atoms with van der Waals surface area (Å²) in [4.78, 5) is 21.6. The van der Waals surface area contributed by atoms with Gasteiger partial charge >= 0.3 is 11.9 Å². The summed E-state index contributed by atoms with van der Waals surface area (Å²) < 4.78 is 0. The van der Waals surface area contributed by atoms with Crippen LogP contribution in [0, 0.1) is 11.3 Å². The summed E-state index contributed by atoms with van der Waals surface area (Å²) in [6.07, 6.45) is 3.13. The lowest BCUT2D eigenvalue weighted by Gasteiger charge is -2.09. The monoisotopic (exact) mass is 401 g/mol. The molecule has 30 heavy (non-hydrogen) atoms. The van der Waals surface area contributed by atoms with Crippen LogP contribution in [0.4, 0.5) is 0 Å². The molecule has 0 radical (unpaired) electrons. The molecule has 3 aromatic carbocycles. The van der Waals surface area contributed by atoms with E-state index < -0.39 is 11.9 Å².